The number of carbonyl (C=O) groups excluding carboxylic acids is 2. The summed E-state index contributed by atoms with van der Waals surface area (Å²) in [4.78, 5) is 29.0. The Kier molecular flexibility index (Phi) is 11.3. The Balaban J connectivity index is 1.89. The first kappa shape index (κ1) is 30.9. The summed E-state index contributed by atoms with van der Waals surface area (Å²) >= 11 is 0. The molecule has 0 aliphatic carbocycles. The molecule has 3 rings (SSSR count). The third-order valence-electron chi connectivity index (χ3n) is 6.96. The van der Waals surface area contributed by atoms with Crippen LogP contribution in [0.4, 0.5) is 5.69 Å². The van der Waals surface area contributed by atoms with E-state index < -0.39 is 16.1 Å². The molecule has 0 aliphatic rings. The van der Waals surface area contributed by atoms with E-state index in [4.69, 9.17) is 0 Å². The Morgan fingerprint density at radius 3 is 2.12 bits per heavy atom. The lowest BCUT2D eigenvalue weighted by atomic mass is 10.0. The van der Waals surface area contributed by atoms with Crippen molar-refractivity contribution in [2.24, 2.45) is 0 Å². The SMILES string of the molecule is CCCNC(=O)[C@H](Cc1ccccc1)N(Cc1ccccc1C)C(=O)CCCN(c1ccccc1C)S(C)(=O)=O. The van der Waals surface area contributed by atoms with Crippen LogP contribution in [0, 0.1) is 13.8 Å². The molecule has 0 spiro atoms. The van der Waals surface area contributed by atoms with Crippen LogP contribution in [0.3, 0.4) is 0 Å². The summed E-state index contributed by atoms with van der Waals surface area (Å²) in [6.07, 6.45) is 2.78. The zero-order valence-corrected chi connectivity index (χ0v) is 24.8. The highest BCUT2D eigenvalue weighted by Gasteiger charge is 2.30. The Morgan fingerprint density at radius 1 is 0.875 bits per heavy atom. The fourth-order valence-electron chi connectivity index (χ4n) is 4.72. The number of aryl methyl sites for hydroxylation is 2. The summed E-state index contributed by atoms with van der Waals surface area (Å²) in [6.45, 7) is 6.83. The maximum atomic E-state index is 13.9. The fraction of sp³-hybridized carbons (Fsp3) is 0.375. The first-order chi connectivity index (χ1) is 19.1. The largest absolute Gasteiger partial charge is 0.354 e. The van der Waals surface area contributed by atoms with Gasteiger partial charge in [0, 0.05) is 32.5 Å². The van der Waals surface area contributed by atoms with Gasteiger partial charge in [-0.1, -0.05) is 79.7 Å². The molecule has 0 aromatic heterocycles. The molecule has 1 atom stereocenters. The number of nitrogens with one attached hydrogen (secondary N) is 1. The number of hydrogen-bond acceptors (Lipinski definition) is 4. The van der Waals surface area contributed by atoms with E-state index in [0.29, 0.717) is 25.1 Å². The summed E-state index contributed by atoms with van der Waals surface area (Å²) in [5.74, 6) is -0.376. The minimum absolute atomic E-state index is 0.107. The van der Waals surface area contributed by atoms with Crippen LogP contribution in [0.5, 0.6) is 0 Å². The zero-order chi connectivity index (χ0) is 29.1. The van der Waals surface area contributed by atoms with Crippen molar-refractivity contribution in [1.29, 1.82) is 0 Å². The molecule has 0 bridgehead atoms. The topological polar surface area (TPSA) is 86.8 Å². The van der Waals surface area contributed by atoms with Crippen LogP contribution in [0.25, 0.3) is 0 Å². The average molecular weight is 564 g/mol. The maximum absolute atomic E-state index is 13.9. The maximum Gasteiger partial charge on any atom is 0.243 e. The third kappa shape index (κ3) is 8.68. The van der Waals surface area contributed by atoms with Crippen LogP contribution in [0.15, 0.2) is 78.9 Å². The smallest absolute Gasteiger partial charge is 0.243 e. The second kappa shape index (κ2) is 14.7. The van der Waals surface area contributed by atoms with Gasteiger partial charge in [-0.05, 0) is 55.0 Å². The van der Waals surface area contributed by atoms with Crippen molar-refractivity contribution in [3.05, 3.63) is 101 Å². The number of hydrogen-bond donors (Lipinski definition) is 1. The fourth-order valence-corrected chi connectivity index (χ4v) is 5.74. The Hall–Kier alpha value is -3.65. The Bertz CT molecular complexity index is 1380. The molecule has 0 fully saturated rings. The van der Waals surface area contributed by atoms with Gasteiger partial charge >= 0.3 is 0 Å². The first-order valence-corrected chi connectivity index (χ1v) is 15.7. The summed E-state index contributed by atoms with van der Waals surface area (Å²) in [5.41, 5.74) is 4.42. The number of benzene rings is 3. The molecular weight excluding hydrogens is 522 g/mol. The number of nitrogens with zero attached hydrogens (tertiary/aromatic N) is 2. The molecule has 0 aliphatic heterocycles. The van der Waals surface area contributed by atoms with E-state index in [2.05, 4.69) is 5.32 Å². The highest BCUT2D eigenvalue weighted by Crippen LogP contribution is 2.23. The van der Waals surface area contributed by atoms with Crippen molar-refractivity contribution in [1.82, 2.24) is 10.2 Å². The molecular formula is C32H41N3O4S. The lowest BCUT2D eigenvalue weighted by Crippen LogP contribution is -2.50. The molecule has 1 N–H and O–H groups in total. The van der Waals surface area contributed by atoms with Gasteiger partial charge in [0.15, 0.2) is 0 Å². The minimum Gasteiger partial charge on any atom is -0.354 e. The van der Waals surface area contributed by atoms with Crippen molar-refractivity contribution < 1.29 is 18.0 Å². The van der Waals surface area contributed by atoms with Crippen molar-refractivity contribution in [3.8, 4) is 0 Å². The molecule has 8 heteroatoms. The van der Waals surface area contributed by atoms with E-state index in [1.807, 2.05) is 87.5 Å². The number of sulfonamides is 1. The lowest BCUT2D eigenvalue weighted by molar-refractivity contribution is -0.141. The van der Waals surface area contributed by atoms with Gasteiger partial charge in [0.2, 0.25) is 21.8 Å². The summed E-state index contributed by atoms with van der Waals surface area (Å²) < 4.78 is 26.7. The van der Waals surface area contributed by atoms with E-state index in [9.17, 15) is 18.0 Å². The van der Waals surface area contributed by atoms with Crippen LogP contribution in [0.2, 0.25) is 0 Å². The average Bonchev–Trinajstić information content (AvgIpc) is 2.93. The number of amides is 2. The van der Waals surface area contributed by atoms with Gasteiger partial charge in [-0.2, -0.15) is 0 Å². The Labute approximate surface area is 239 Å². The lowest BCUT2D eigenvalue weighted by Gasteiger charge is -2.32. The number of rotatable bonds is 14. The highest BCUT2D eigenvalue weighted by atomic mass is 32.2. The quantitative estimate of drug-likeness (QED) is 0.299. The predicted molar refractivity (Wildman–Crippen MR) is 162 cm³/mol. The van der Waals surface area contributed by atoms with Gasteiger partial charge in [-0.15, -0.1) is 0 Å². The molecule has 3 aromatic carbocycles. The van der Waals surface area contributed by atoms with Gasteiger partial charge in [-0.25, -0.2) is 8.42 Å². The van der Waals surface area contributed by atoms with E-state index in [0.717, 1.165) is 28.7 Å². The zero-order valence-electron chi connectivity index (χ0n) is 24.0. The van der Waals surface area contributed by atoms with Crippen molar-refractivity contribution >= 4 is 27.5 Å². The molecule has 0 radical (unpaired) electrons. The molecule has 7 nitrogen and oxygen atoms in total. The highest BCUT2D eigenvalue weighted by molar-refractivity contribution is 7.92. The van der Waals surface area contributed by atoms with E-state index in [1.165, 1.54) is 10.6 Å². The van der Waals surface area contributed by atoms with Crippen molar-refractivity contribution in [2.75, 3.05) is 23.7 Å². The van der Waals surface area contributed by atoms with Gasteiger partial charge in [-0.3, -0.25) is 13.9 Å². The van der Waals surface area contributed by atoms with Crippen molar-refractivity contribution in [3.63, 3.8) is 0 Å². The first-order valence-electron chi connectivity index (χ1n) is 13.8. The molecule has 214 valence electrons. The van der Waals surface area contributed by atoms with Crippen LogP contribution >= 0.6 is 0 Å². The van der Waals surface area contributed by atoms with E-state index in [-0.39, 0.29) is 31.3 Å². The molecule has 0 saturated heterocycles. The summed E-state index contributed by atoms with van der Waals surface area (Å²) in [6, 6.07) is 24.2. The molecule has 2 amide bonds. The van der Waals surface area contributed by atoms with Gasteiger partial charge in [0.1, 0.15) is 6.04 Å². The second-order valence-electron chi connectivity index (χ2n) is 10.2. The summed E-state index contributed by atoms with van der Waals surface area (Å²) in [7, 11) is -3.55. The number of para-hydroxylation sites is 1. The van der Waals surface area contributed by atoms with E-state index in [1.54, 1.807) is 17.0 Å². The normalized spacial score (nSPS) is 12.0. The van der Waals surface area contributed by atoms with Crippen molar-refractivity contribution in [2.45, 2.75) is 59.0 Å². The molecule has 40 heavy (non-hydrogen) atoms. The number of anilines is 1. The van der Waals surface area contributed by atoms with E-state index >= 15 is 0 Å². The second-order valence-corrected chi connectivity index (χ2v) is 12.1. The predicted octanol–water partition coefficient (Wildman–Crippen LogP) is 5.02. The van der Waals surface area contributed by atoms with Crippen LogP contribution in [-0.2, 0) is 32.6 Å². The summed E-state index contributed by atoms with van der Waals surface area (Å²) in [5, 5.41) is 2.99. The van der Waals surface area contributed by atoms with Crippen LogP contribution in [-0.4, -0.2) is 50.5 Å². The molecule has 0 saturated carbocycles. The van der Waals surface area contributed by atoms with Gasteiger partial charge in [0.25, 0.3) is 0 Å². The molecule has 0 heterocycles. The van der Waals surface area contributed by atoms with Crippen LogP contribution < -0.4 is 9.62 Å². The monoisotopic (exact) mass is 563 g/mol. The third-order valence-corrected chi connectivity index (χ3v) is 8.14. The minimum atomic E-state index is -3.55. The van der Waals surface area contributed by atoms with Gasteiger partial charge < -0.3 is 10.2 Å². The molecule has 3 aromatic rings. The van der Waals surface area contributed by atoms with Crippen LogP contribution in [0.1, 0.15) is 48.4 Å². The standard InChI is InChI=1S/C32H41N3O4S/c1-5-21-33-32(37)30(23-27-16-7-6-8-17-27)34(24-28-18-11-9-14-25(28)2)31(36)20-13-22-35(40(4,38)39)29-19-12-10-15-26(29)3/h6-12,14-19,30H,5,13,20-24H2,1-4H3,(H,33,37)/t30-/m0/s1. The van der Waals surface area contributed by atoms with Gasteiger partial charge in [0.05, 0.1) is 11.9 Å². The Morgan fingerprint density at radius 2 is 1.50 bits per heavy atom. The number of carbonyl (C=O) groups is 2. The molecule has 0 unspecified atom stereocenters.